The molecule has 1 heterocycles. The zero-order valence-corrected chi connectivity index (χ0v) is 28.2. The number of hydrogen-bond acceptors (Lipinski definition) is 3. The number of fused-ring (bicyclic) bond motifs is 2. The van der Waals surface area contributed by atoms with Crippen molar-refractivity contribution in [2.45, 2.75) is 18.9 Å². The van der Waals surface area contributed by atoms with Crippen molar-refractivity contribution in [1.82, 2.24) is 0 Å². The topological polar surface area (TPSA) is 34.0 Å². The Morgan fingerprint density at radius 3 is 1.57 bits per heavy atom. The Balaban J connectivity index is 0.983. The van der Waals surface area contributed by atoms with Crippen LogP contribution in [0.3, 0.4) is 0 Å². The highest BCUT2D eigenvalue weighted by Gasteiger charge is 2.25. The standard InChI is InChI=1S/C48H36N2O/c1-4-14-33(15-5-1)44-32-45(34-16-6-2-7-17-34)50-48(49-44)37-26-30-39(31-27-37)51-38-28-24-36(25-29-38)47-42-22-12-10-20-40(42)46(35-18-8-3-9-19-35)41-21-11-13-23-43(41)47/h1-26,28-31,37,44H,27,32H2. The van der Waals surface area contributed by atoms with E-state index >= 15 is 0 Å². The maximum absolute atomic E-state index is 6.41. The van der Waals surface area contributed by atoms with Crippen LogP contribution in [0.25, 0.3) is 43.8 Å². The molecule has 244 valence electrons. The van der Waals surface area contributed by atoms with Crippen LogP contribution in [0.15, 0.2) is 198 Å². The van der Waals surface area contributed by atoms with Crippen LogP contribution in [0.4, 0.5) is 0 Å². The van der Waals surface area contributed by atoms with Gasteiger partial charge >= 0.3 is 0 Å². The van der Waals surface area contributed by atoms with Gasteiger partial charge in [-0.05, 0) is 85.6 Å². The van der Waals surface area contributed by atoms with E-state index in [0.717, 1.165) is 47.0 Å². The first-order chi connectivity index (χ1) is 25.3. The van der Waals surface area contributed by atoms with Gasteiger partial charge in [-0.25, -0.2) is 4.99 Å². The van der Waals surface area contributed by atoms with Crippen LogP contribution in [0.2, 0.25) is 0 Å². The summed E-state index contributed by atoms with van der Waals surface area (Å²) in [6.07, 6.45) is 7.99. The summed E-state index contributed by atoms with van der Waals surface area (Å²) in [5.74, 6) is 2.62. The van der Waals surface area contributed by atoms with Gasteiger partial charge in [0.15, 0.2) is 0 Å². The van der Waals surface area contributed by atoms with Gasteiger partial charge in [-0.3, -0.25) is 4.99 Å². The minimum absolute atomic E-state index is 0.0474. The Hall–Kier alpha value is -6.32. The lowest BCUT2D eigenvalue weighted by Gasteiger charge is -2.25. The van der Waals surface area contributed by atoms with Gasteiger partial charge < -0.3 is 4.74 Å². The number of allylic oxidation sites excluding steroid dienone is 2. The summed E-state index contributed by atoms with van der Waals surface area (Å²) in [4.78, 5) is 10.3. The molecule has 0 bridgehead atoms. The van der Waals surface area contributed by atoms with Gasteiger partial charge in [-0.15, -0.1) is 0 Å². The fourth-order valence-electron chi connectivity index (χ4n) is 7.51. The summed E-state index contributed by atoms with van der Waals surface area (Å²) in [6.45, 7) is 0. The minimum Gasteiger partial charge on any atom is -0.458 e. The number of hydrogen-bond donors (Lipinski definition) is 0. The Bertz CT molecular complexity index is 2420. The first kappa shape index (κ1) is 30.7. The van der Waals surface area contributed by atoms with Crippen molar-refractivity contribution in [3.63, 3.8) is 0 Å². The molecule has 2 unspecified atom stereocenters. The third-order valence-electron chi connectivity index (χ3n) is 9.99. The molecule has 7 aromatic rings. The zero-order chi connectivity index (χ0) is 34.0. The fourth-order valence-corrected chi connectivity index (χ4v) is 7.51. The second kappa shape index (κ2) is 13.5. The lowest BCUT2D eigenvalue weighted by molar-refractivity contribution is 0.437. The molecule has 0 amide bonds. The van der Waals surface area contributed by atoms with Crippen molar-refractivity contribution in [1.29, 1.82) is 0 Å². The number of ether oxygens (including phenoxy) is 1. The third kappa shape index (κ3) is 6.08. The number of rotatable bonds is 7. The molecular weight excluding hydrogens is 621 g/mol. The highest BCUT2D eigenvalue weighted by atomic mass is 16.5. The van der Waals surface area contributed by atoms with Gasteiger partial charge in [0.25, 0.3) is 0 Å². The second-order valence-electron chi connectivity index (χ2n) is 13.2. The van der Waals surface area contributed by atoms with Gasteiger partial charge in [0.2, 0.25) is 0 Å². The van der Waals surface area contributed by atoms with Gasteiger partial charge in [0.1, 0.15) is 17.3 Å². The average Bonchev–Trinajstić information content (AvgIpc) is 3.21. The first-order valence-corrected chi connectivity index (χ1v) is 17.7. The van der Waals surface area contributed by atoms with Crippen LogP contribution in [-0.2, 0) is 0 Å². The number of benzene rings is 7. The zero-order valence-electron chi connectivity index (χ0n) is 28.2. The Morgan fingerprint density at radius 1 is 0.510 bits per heavy atom. The van der Waals surface area contributed by atoms with Crippen molar-refractivity contribution in [3.05, 3.63) is 199 Å². The molecule has 0 aromatic heterocycles. The smallest absolute Gasteiger partial charge is 0.131 e. The number of aliphatic imine (C=N–C) groups is 2. The van der Waals surface area contributed by atoms with Gasteiger partial charge in [-0.2, -0.15) is 0 Å². The fraction of sp³-hybridized carbons (Fsp3) is 0.0833. The molecular formula is C48H36N2O. The summed E-state index contributed by atoms with van der Waals surface area (Å²) in [5, 5.41) is 4.99. The van der Waals surface area contributed by atoms with Crippen molar-refractivity contribution in [2.24, 2.45) is 15.9 Å². The van der Waals surface area contributed by atoms with Gasteiger partial charge in [-0.1, -0.05) is 158 Å². The Labute approximate surface area is 298 Å². The van der Waals surface area contributed by atoms with Crippen LogP contribution < -0.4 is 4.74 Å². The van der Waals surface area contributed by atoms with E-state index in [1.165, 1.54) is 43.8 Å². The van der Waals surface area contributed by atoms with E-state index in [0.29, 0.717) is 0 Å². The maximum Gasteiger partial charge on any atom is 0.131 e. The lowest BCUT2D eigenvalue weighted by Crippen LogP contribution is -2.22. The monoisotopic (exact) mass is 656 g/mol. The number of amidine groups is 1. The van der Waals surface area contributed by atoms with E-state index < -0.39 is 0 Å². The van der Waals surface area contributed by atoms with Crippen molar-refractivity contribution in [3.8, 4) is 28.0 Å². The molecule has 7 aromatic carbocycles. The molecule has 51 heavy (non-hydrogen) atoms. The van der Waals surface area contributed by atoms with E-state index in [1.807, 2.05) is 6.07 Å². The normalized spacial score (nSPS) is 17.1. The third-order valence-corrected chi connectivity index (χ3v) is 9.99. The molecule has 0 saturated carbocycles. The van der Waals surface area contributed by atoms with Crippen LogP contribution >= 0.6 is 0 Å². The summed E-state index contributed by atoms with van der Waals surface area (Å²) in [6, 6.07) is 57.8. The van der Waals surface area contributed by atoms with Crippen LogP contribution in [0.5, 0.6) is 5.75 Å². The molecule has 2 atom stereocenters. The summed E-state index contributed by atoms with van der Waals surface area (Å²) in [5.41, 5.74) is 8.37. The maximum atomic E-state index is 6.41. The molecule has 9 rings (SSSR count). The molecule has 0 fully saturated rings. The minimum atomic E-state index is 0.0474. The van der Waals surface area contributed by atoms with Crippen LogP contribution in [0.1, 0.15) is 30.0 Å². The van der Waals surface area contributed by atoms with Crippen molar-refractivity contribution >= 4 is 33.1 Å². The largest absolute Gasteiger partial charge is 0.458 e. The molecule has 3 heteroatoms. The molecule has 3 nitrogen and oxygen atoms in total. The number of nitrogens with zero attached hydrogens (tertiary/aromatic N) is 2. The van der Waals surface area contributed by atoms with Gasteiger partial charge in [0, 0.05) is 12.3 Å². The highest BCUT2D eigenvalue weighted by Crippen LogP contribution is 2.44. The van der Waals surface area contributed by atoms with E-state index in [-0.39, 0.29) is 12.0 Å². The van der Waals surface area contributed by atoms with E-state index in [4.69, 9.17) is 14.7 Å². The van der Waals surface area contributed by atoms with Crippen LogP contribution in [-0.4, -0.2) is 11.5 Å². The molecule has 0 saturated heterocycles. The summed E-state index contributed by atoms with van der Waals surface area (Å²) < 4.78 is 6.41. The van der Waals surface area contributed by atoms with E-state index in [9.17, 15) is 0 Å². The summed E-state index contributed by atoms with van der Waals surface area (Å²) in [7, 11) is 0. The molecule has 0 N–H and O–H groups in total. The molecule has 1 aliphatic heterocycles. The summed E-state index contributed by atoms with van der Waals surface area (Å²) >= 11 is 0. The first-order valence-electron chi connectivity index (χ1n) is 17.7. The molecule has 0 radical (unpaired) electrons. The lowest BCUT2D eigenvalue weighted by atomic mass is 9.86. The van der Waals surface area contributed by atoms with E-state index in [2.05, 4.69) is 176 Å². The van der Waals surface area contributed by atoms with E-state index in [1.54, 1.807) is 0 Å². The highest BCUT2D eigenvalue weighted by molar-refractivity contribution is 6.21. The molecule has 0 spiro atoms. The molecule has 1 aliphatic carbocycles. The predicted molar refractivity (Wildman–Crippen MR) is 212 cm³/mol. The van der Waals surface area contributed by atoms with Crippen molar-refractivity contribution < 1.29 is 4.74 Å². The quantitative estimate of drug-likeness (QED) is 0.157. The Morgan fingerprint density at radius 2 is 1.02 bits per heavy atom. The molecule has 2 aliphatic rings. The van der Waals surface area contributed by atoms with Gasteiger partial charge in [0.05, 0.1) is 11.8 Å². The predicted octanol–water partition coefficient (Wildman–Crippen LogP) is 12.2. The Kier molecular flexibility index (Phi) is 8.15. The van der Waals surface area contributed by atoms with Crippen molar-refractivity contribution in [2.75, 3.05) is 0 Å². The second-order valence-corrected chi connectivity index (χ2v) is 13.2. The van der Waals surface area contributed by atoms with Crippen LogP contribution in [0, 0.1) is 5.92 Å². The SMILES string of the molecule is C1=CC(C2=NC(c3ccccc3)CC(c3ccccc3)=N2)CC=C1Oc1ccc(-c2c3ccccc3c(-c3ccccc3)c3ccccc23)cc1. The average molecular weight is 657 g/mol.